The van der Waals surface area contributed by atoms with Gasteiger partial charge in [0.05, 0.1) is 5.69 Å². The third-order valence-electron chi connectivity index (χ3n) is 2.70. The molecule has 0 amide bonds. The van der Waals surface area contributed by atoms with Crippen molar-refractivity contribution in [1.29, 1.82) is 0 Å². The Morgan fingerprint density at radius 2 is 2.05 bits per heavy atom. The van der Waals surface area contributed by atoms with Gasteiger partial charge in [0.15, 0.2) is 0 Å². The summed E-state index contributed by atoms with van der Waals surface area (Å²) in [5.41, 5.74) is 0.181. The Kier molecular flexibility index (Phi) is 5.37. The summed E-state index contributed by atoms with van der Waals surface area (Å²) in [5, 5.41) is 3.01. The van der Waals surface area contributed by atoms with E-state index in [2.05, 4.69) is 26.0 Å². The highest BCUT2D eigenvalue weighted by atomic mass is 79.9. The first kappa shape index (κ1) is 16.4. The van der Waals surface area contributed by atoms with E-state index in [0.717, 1.165) is 23.9 Å². The van der Waals surface area contributed by atoms with E-state index in [9.17, 15) is 12.8 Å². The first-order valence-corrected chi connectivity index (χ1v) is 9.23. The second kappa shape index (κ2) is 6.87. The smallest absolute Gasteiger partial charge is 0.271 e. The zero-order chi connectivity index (χ0) is 15.5. The predicted octanol–water partition coefficient (Wildman–Crippen LogP) is 3.21. The Bertz CT molecular complexity index is 732. The molecule has 1 aromatic carbocycles. The van der Waals surface area contributed by atoms with Crippen LogP contribution in [0.2, 0.25) is 0 Å². The van der Waals surface area contributed by atoms with Crippen LogP contribution in [-0.2, 0) is 16.4 Å². The molecule has 0 unspecified atom stereocenters. The molecule has 2 rings (SSSR count). The second-order valence-electron chi connectivity index (χ2n) is 4.30. The van der Waals surface area contributed by atoms with Gasteiger partial charge in [0, 0.05) is 9.35 Å². The molecule has 4 nitrogen and oxygen atoms in total. The van der Waals surface area contributed by atoms with Gasteiger partial charge in [-0.3, -0.25) is 4.72 Å². The van der Waals surface area contributed by atoms with E-state index in [-0.39, 0.29) is 9.90 Å². The molecule has 0 radical (unpaired) electrons. The maximum absolute atomic E-state index is 13.2. The highest BCUT2D eigenvalue weighted by Crippen LogP contribution is 2.28. The van der Waals surface area contributed by atoms with Crippen molar-refractivity contribution in [3.05, 3.63) is 45.5 Å². The van der Waals surface area contributed by atoms with Crippen molar-refractivity contribution < 1.29 is 12.8 Å². The molecule has 2 aromatic rings. The molecule has 0 aliphatic carbocycles. The van der Waals surface area contributed by atoms with Crippen molar-refractivity contribution in [2.75, 3.05) is 18.3 Å². The average molecular weight is 393 g/mol. The fourth-order valence-electron chi connectivity index (χ4n) is 1.66. The molecule has 2 N–H and O–H groups in total. The third-order valence-corrected chi connectivity index (χ3v) is 6.39. The first-order chi connectivity index (χ1) is 9.92. The first-order valence-electron chi connectivity index (χ1n) is 6.13. The molecule has 0 atom stereocenters. The van der Waals surface area contributed by atoms with Crippen molar-refractivity contribution >= 4 is 43.0 Å². The van der Waals surface area contributed by atoms with E-state index in [1.54, 1.807) is 12.1 Å². The van der Waals surface area contributed by atoms with Gasteiger partial charge in [-0.05, 0) is 66.3 Å². The summed E-state index contributed by atoms with van der Waals surface area (Å²) in [5.74, 6) is -0.503. The van der Waals surface area contributed by atoms with Crippen LogP contribution in [0.15, 0.2) is 39.0 Å². The van der Waals surface area contributed by atoms with Crippen LogP contribution in [0.3, 0.4) is 0 Å². The Morgan fingerprint density at radius 1 is 1.29 bits per heavy atom. The van der Waals surface area contributed by atoms with Crippen LogP contribution in [0.4, 0.5) is 10.1 Å². The molecule has 1 heterocycles. The molecule has 0 aliphatic rings. The molecule has 0 spiro atoms. The van der Waals surface area contributed by atoms with Gasteiger partial charge in [0.25, 0.3) is 10.0 Å². The van der Waals surface area contributed by atoms with E-state index < -0.39 is 15.8 Å². The molecule has 0 saturated carbocycles. The zero-order valence-corrected chi connectivity index (χ0v) is 14.4. The Hall–Kier alpha value is -0.960. The summed E-state index contributed by atoms with van der Waals surface area (Å²) in [6.45, 7) is 0.781. The van der Waals surface area contributed by atoms with Crippen LogP contribution in [0.5, 0.6) is 0 Å². The topological polar surface area (TPSA) is 58.2 Å². The summed E-state index contributed by atoms with van der Waals surface area (Å²) >= 11 is 4.41. The minimum Gasteiger partial charge on any atom is -0.319 e. The molecule has 114 valence electrons. The lowest BCUT2D eigenvalue weighted by Gasteiger charge is -2.08. The van der Waals surface area contributed by atoms with Gasteiger partial charge in [-0.25, -0.2) is 12.8 Å². The summed E-state index contributed by atoms with van der Waals surface area (Å²) in [7, 11) is -1.86. The molecular weight excluding hydrogens is 379 g/mol. The molecular formula is C13H14BrFN2O2S2. The van der Waals surface area contributed by atoms with E-state index >= 15 is 0 Å². The summed E-state index contributed by atoms with van der Waals surface area (Å²) in [6.07, 6.45) is 0.764. The summed E-state index contributed by atoms with van der Waals surface area (Å²) < 4.78 is 40.9. The number of nitrogens with one attached hydrogen (secondary N) is 2. The lowest BCUT2D eigenvalue weighted by Crippen LogP contribution is -2.12. The Morgan fingerprint density at radius 3 is 2.76 bits per heavy atom. The third kappa shape index (κ3) is 4.26. The van der Waals surface area contributed by atoms with Gasteiger partial charge in [-0.1, -0.05) is 0 Å². The molecule has 21 heavy (non-hydrogen) atoms. The molecule has 0 fully saturated rings. The molecule has 1 aromatic heterocycles. The number of rotatable bonds is 6. The number of benzene rings is 1. The van der Waals surface area contributed by atoms with Crippen molar-refractivity contribution in [3.63, 3.8) is 0 Å². The van der Waals surface area contributed by atoms with Crippen LogP contribution < -0.4 is 10.0 Å². The van der Waals surface area contributed by atoms with Crippen LogP contribution >= 0.6 is 27.3 Å². The van der Waals surface area contributed by atoms with Crippen LogP contribution in [0, 0.1) is 5.82 Å². The standard InChI is InChI=1S/C13H14BrFN2O2S2/c1-16-7-6-10-3-5-13(20-10)21(18,19)17-12-8-9(15)2-4-11(12)14/h2-5,8,16-17H,6-7H2,1H3. The Balaban J connectivity index is 2.22. The van der Waals surface area contributed by atoms with Crippen molar-refractivity contribution in [2.24, 2.45) is 0 Å². The number of thiophene rings is 1. The summed E-state index contributed by atoms with van der Waals surface area (Å²) in [6, 6.07) is 7.20. The molecule has 0 saturated heterocycles. The van der Waals surface area contributed by atoms with Gasteiger partial charge in [0.2, 0.25) is 0 Å². The highest BCUT2D eigenvalue weighted by Gasteiger charge is 2.18. The largest absolute Gasteiger partial charge is 0.319 e. The van der Waals surface area contributed by atoms with Gasteiger partial charge >= 0.3 is 0 Å². The highest BCUT2D eigenvalue weighted by molar-refractivity contribution is 9.10. The quantitative estimate of drug-likeness (QED) is 0.793. The SMILES string of the molecule is CNCCc1ccc(S(=O)(=O)Nc2cc(F)ccc2Br)s1. The van der Waals surface area contributed by atoms with E-state index in [1.165, 1.54) is 23.5 Å². The zero-order valence-electron chi connectivity index (χ0n) is 11.2. The van der Waals surface area contributed by atoms with Gasteiger partial charge in [0.1, 0.15) is 10.0 Å². The number of hydrogen-bond acceptors (Lipinski definition) is 4. The van der Waals surface area contributed by atoms with Crippen molar-refractivity contribution in [3.8, 4) is 0 Å². The lowest BCUT2D eigenvalue weighted by atomic mass is 10.3. The second-order valence-corrected chi connectivity index (χ2v) is 8.24. The number of hydrogen-bond donors (Lipinski definition) is 2. The fraction of sp³-hybridized carbons (Fsp3) is 0.231. The van der Waals surface area contributed by atoms with E-state index in [4.69, 9.17) is 0 Å². The maximum atomic E-state index is 13.2. The minimum atomic E-state index is -3.71. The number of sulfonamides is 1. The minimum absolute atomic E-state index is 0.181. The van der Waals surface area contributed by atoms with Crippen molar-refractivity contribution in [2.45, 2.75) is 10.6 Å². The normalized spacial score (nSPS) is 11.6. The molecule has 0 bridgehead atoms. The van der Waals surface area contributed by atoms with E-state index in [0.29, 0.717) is 4.47 Å². The van der Waals surface area contributed by atoms with Gasteiger partial charge in [-0.2, -0.15) is 0 Å². The van der Waals surface area contributed by atoms with Crippen LogP contribution in [0.25, 0.3) is 0 Å². The monoisotopic (exact) mass is 392 g/mol. The fourth-order valence-corrected chi connectivity index (χ4v) is 4.56. The van der Waals surface area contributed by atoms with Crippen molar-refractivity contribution in [1.82, 2.24) is 5.32 Å². The van der Waals surface area contributed by atoms with Crippen LogP contribution in [-0.4, -0.2) is 22.0 Å². The maximum Gasteiger partial charge on any atom is 0.271 e. The van der Waals surface area contributed by atoms with Crippen LogP contribution in [0.1, 0.15) is 4.88 Å². The molecule has 0 aliphatic heterocycles. The Labute approximate surface area is 135 Å². The van der Waals surface area contributed by atoms with Gasteiger partial charge < -0.3 is 5.32 Å². The number of likely N-dealkylation sites (N-methyl/N-ethyl adjacent to an activating group) is 1. The average Bonchev–Trinajstić information content (AvgIpc) is 2.90. The van der Waals surface area contributed by atoms with Gasteiger partial charge in [-0.15, -0.1) is 11.3 Å². The van der Waals surface area contributed by atoms with E-state index in [1.807, 2.05) is 7.05 Å². The predicted molar refractivity (Wildman–Crippen MR) is 86.9 cm³/mol. The summed E-state index contributed by atoms with van der Waals surface area (Å²) in [4.78, 5) is 0.975. The molecule has 8 heteroatoms. The lowest BCUT2D eigenvalue weighted by molar-refractivity contribution is 0.603. The number of halogens is 2. The number of anilines is 1.